The number of hydrogen-bond acceptors (Lipinski definition) is 3. The number of hydrogen-bond donors (Lipinski definition) is 2. The van der Waals surface area contributed by atoms with E-state index in [1.165, 1.54) is 19.2 Å². The van der Waals surface area contributed by atoms with E-state index in [4.69, 9.17) is 16.3 Å². The molecule has 0 bridgehead atoms. The number of amidine groups is 1. The van der Waals surface area contributed by atoms with Gasteiger partial charge in [0.2, 0.25) is 0 Å². The van der Waals surface area contributed by atoms with Crippen molar-refractivity contribution in [2.75, 3.05) is 7.11 Å². The molecule has 4 nitrogen and oxygen atoms in total. The Balaban J connectivity index is 3.10. The molecule has 0 amide bonds. The predicted octanol–water partition coefficient (Wildman–Crippen LogP) is 0.413. The van der Waals surface area contributed by atoms with E-state index >= 15 is 0 Å². The van der Waals surface area contributed by atoms with E-state index in [1.807, 2.05) is 0 Å². The van der Waals surface area contributed by atoms with E-state index in [1.54, 1.807) is 6.07 Å². The third kappa shape index (κ3) is 1.87. The van der Waals surface area contributed by atoms with Gasteiger partial charge in [0, 0.05) is 5.56 Å². The molecule has 0 aromatic heterocycles. The molecule has 1 aromatic rings. The minimum atomic E-state index is -0.494. The Morgan fingerprint density at radius 2 is 2.23 bits per heavy atom. The zero-order valence-electron chi connectivity index (χ0n) is 7.12. The predicted molar refractivity (Wildman–Crippen MR) is 47.9 cm³/mol. The summed E-state index contributed by atoms with van der Waals surface area (Å²) in [6.45, 7) is 0. The Morgan fingerprint density at radius 3 is 2.69 bits per heavy atom. The van der Waals surface area contributed by atoms with Crippen molar-refractivity contribution in [2.24, 2.45) is 16.7 Å². The Kier molecular flexibility index (Phi) is 2.69. The zero-order chi connectivity index (χ0) is 9.84. The van der Waals surface area contributed by atoms with Gasteiger partial charge in [-0.1, -0.05) is 0 Å². The number of rotatable bonds is 2. The van der Waals surface area contributed by atoms with Gasteiger partial charge < -0.3 is 16.3 Å². The molecule has 0 aliphatic heterocycles. The van der Waals surface area contributed by atoms with Crippen LogP contribution >= 0.6 is 0 Å². The highest BCUT2D eigenvalue weighted by Gasteiger charge is 2.05. The normalized spacial score (nSPS) is 11.4. The van der Waals surface area contributed by atoms with Crippen molar-refractivity contribution in [3.63, 3.8) is 0 Å². The maximum Gasteiger partial charge on any atom is 0.165 e. The Bertz CT molecular complexity index is 338. The maximum atomic E-state index is 13.1. The summed E-state index contributed by atoms with van der Waals surface area (Å²) in [4.78, 5) is 0. The number of nitrogens with zero attached hydrogens (tertiary/aromatic N) is 1. The van der Waals surface area contributed by atoms with Gasteiger partial charge in [-0.25, -0.2) is 4.39 Å². The molecule has 0 spiro atoms. The minimum Gasteiger partial charge on any atom is -0.494 e. The molecular weight excluding hydrogens is 173 g/mol. The highest BCUT2D eigenvalue weighted by molar-refractivity contribution is 5.97. The average molecular weight is 183 g/mol. The number of methoxy groups -OCH3 is 1. The van der Waals surface area contributed by atoms with Crippen molar-refractivity contribution in [1.29, 1.82) is 0 Å². The molecular formula is C8H10FN3O. The van der Waals surface area contributed by atoms with E-state index in [9.17, 15) is 4.39 Å². The van der Waals surface area contributed by atoms with Crippen LogP contribution in [0.2, 0.25) is 0 Å². The molecule has 0 atom stereocenters. The van der Waals surface area contributed by atoms with Crippen molar-refractivity contribution >= 4 is 5.84 Å². The molecule has 1 rings (SSSR count). The van der Waals surface area contributed by atoms with Gasteiger partial charge in [-0.05, 0) is 18.2 Å². The monoisotopic (exact) mass is 183 g/mol. The topological polar surface area (TPSA) is 73.6 Å². The van der Waals surface area contributed by atoms with Crippen LogP contribution < -0.4 is 16.3 Å². The van der Waals surface area contributed by atoms with Gasteiger partial charge in [0.1, 0.15) is 5.84 Å². The standard InChI is InChI=1S/C8H10FN3O/c1-13-7-3-2-5(4-6(7)9)8(10)12-11/h2-4H,11H2,1H3,(H2,10,12). The molecule has 0 saturated heterocycles. The van der Waals surface area contributed by atoms with Crippen molar-refractivity contribution < 1.29 is 9.13 Å². The summed E-state index contributed by atoms with van der Waals surface area (Å²) in [6.07, 6.45) is 0. The van der Waals surface area contributed by atoms with Gasteiger partial charge in [-0.15, -0.1) is 0 Å². The van der Waals surface area contributed by atoms with Crippen LogP contribution in [0.5, 0.6) is 5.75 Å². The van der Waals surface area contributed by atoms with E-state index in [0.717, 1.165) is 0 Å². The molecule has 0 aliphatic carbocycles. The first-order valence-corrected chi connectivity index (χ1v) is 3.56. The van der Waals surface area contributed by atoms with Crippen molar-refractivity contribution in [2.45, 2.75) is 0 Å². The lowest BCUT2D eigenvalue weighted by Crippen LogP contribution is -2.15. The van der Waals surface area contributed by atoms with Crippen LogP contribution in [0.4, 0.5) is 4.39 Å². The van der Waals surface area contributed by atoms with Crippen LogP contribution in [0.3, 0.4) is 0 Å². The molecule has 13 heavy (non-hydrogen) atoms. The lowest BCUT2D eigenvalue weighted by molar-refractivity contribution is 0.386. The van der Waals surface area contributed by atoms with Crippen LogP contribution in [0.25, 0.3) is 0 Å². The van der Waals surface area contributed by atoms with Crippen molar-refractivity contribution in [3.05, 3.63) is 29.6 Å². The molecule has 0 fully saturated rings. The lowest BCUT2D eigenvalue weighted by atomic mass is 10.2. The highest BCUT2D eigenvalue weighted by atomic mass is 19.1. The molecule has 0 saturated carbocycles. The van der Waals surface area contributed by atoms with Gasteiger partial charge in [-0.3, -0.25) is 0 Å². The SMILES string of the molecule is COc1ccc(C(N)=NN)cc1F. The highest BCUT2D eigenvalue weighted by Crippen LogP contribution is 2.17. The van der Waals surface area contributed by atoms with Gasteiger partial charge in [-0.2, -0.15) is 5.10 Å². The summed E-state index contributed by atoms with van der Waals surface area (Å²) in [5, 5.41) is 3.24. The fourth-order valence-corrected chi connectivity index (χ4v) is 0.900. The van der Waals surface area contributed by atoms with Crippen LogP contribution in [0.15, 0.2) is 23.3 Å². The van der Waals surface area contributed by atoms with Crippen molar-refractivity contribution in [1.82, 2.24) is 0 Å². The summed E-state index contributed by atoms with van der Waals surface area (Å²) < 4.78 is 17.8. The number of benzene rings is 1. The van der Waals surface area contributed by atoms with Crippen LogP contribution in [-0.4, -0.2) is 12.9 Å². The van der Waals surface area contributed by atoms with E-state index in [-0.39, 0.29) is 11.6 Å². The van der Waals surface area contributed by atoms with Gasteiger partial charge in [0.25, 0.3) is 0 Å². The second kappa shape index (κ2) is 3.75. The third-order valence-electron chi connectivity index (χ3n) is 1.59. The first-order valence-electron chi connectivity index (χ1n) is 3.56. The first-order chi connectivity index (χ1) is 6.19. The fraction of sp³-hybridized carbons (Fsp3) is 0.125. The van der Waals surface area contributed by atoms with Gasteiger partial charge >= 0.3 is 0 Å². The average Bonchev–Trinajstić information content (AvgIpc) is 2.16. The van der Waals surface area contributed by atoms with Gasteiger partial charge in [0.05, 0.1) is 7.11 Å². The molecule has 0 radical (unpaired) electrons. The third-order valence-corrected chi connectivity index (χ3v) is 1.59. The number of nitrogens with two attached hydrogens (primary N) is 2. The molecule has 70 valence electrons. The summed E-state index contributed by atoms with van der Waals surface area (Å²) in [6, 6.07) is 4.25. The first kappa shape index (κ1) is 9.31. The van der Waals surface area contributed by atoms with Crippen LogP contribution in [0.1, 0.15) is 5.56 Å². The summed E-state index contributed by atoms with van der Waals surface area (Å²) >= 11 is 0. The second-order valence-electron chi connectivity index (χ2n) is 2.36. The molecule has 1 aromatic carbocycles. The van der Waals surface area contributed by atoms with E-state index < -0.39 is 5.82 Å². The molecule has 0 unspecified atom stereocenters. The zero-order valence-corrected chi connectivity index (χ0v) is 7.12. The number of hydrazone groups is 1. The number of ether oxygens (including phenoxy) is 1. The van der Waals surface area contributed by atoms with Crippen LogP contribution in [0, 0.1) is 5.82 Å². The van der Waals surface area contributed by atoms with Gasteiger partial charge in [0.15, 0.2) is 11.6 Å². The maximum absolute atomic E-state index is 13.1. The Labute approximate surface area is 75.0 Å². The smallest absolute Gasteiger partial charge is 0.165 e. The minimum absolute atomic E-state index is 0.0848. The van der Waals surface area contributed by atoms with E-state index in [2.05, 4.69) is 5.10 Å². The Morgan fingerprint density at radius 1 is 1.54 bits per heavy atom. The largest absolute Gasteiger partial charge is 0.494 e. The van der Waals surface area contributed by atoms with Crippen molar-refractivity contribution in [3.8, 4) is 5.75 Å². The summed E-state index contributed by atoms with van der Waals surface area (Å²) in [7, 11) is 1.39. The van der Waals surface area contributed by atoms with E-state index in [0.29, 0.717) is 5.56 Å². The summed E-state index contributed by atoms with van der Waals surface area (Å²) in [5.74, 6) is 4.69. The number of halogens is 1. The quantitative estimate of drug-likeness (QED) is 0.302. The Hall–Kier alpha value is -1.78. The second-order valence-corrected chi connectivity index (χ2v) is 2.36. The summed E-state index contributed by atoms with van der Waals surface area (Å²) in [5.41, 5.74) is 5.80. The molecule has 5 heteroatoms. The molecule has 0 aliphatic rings. The molecule has 0 heterocycles. The fourth-order valence-electron chi connectivity index (χ4n) is 0.900. The molecule has 4 N–H and O–H groups in total. The lowest BCUT2D eigenvalue weighted by Gasteiger charge is -2.03. The van der Waals surface area contributed by atoms with Crippen LogP contribution in [-0.2, 0) is 0 Å².